The number of nitrogens with one attached hydrogen (secondary N) is 1. The van der Waals surface area contributed by atoms with E-state index in [9.17, 15) is 4.79 Å². The minimum Gasteiger partial charge on any atom is -0.444 e. The van der Waals surface area contributed by atoms with Crippen molar-refractivity contribution in [3.63, 3.8) is 0 Å². The van der Waals surface area contributed by atoms with E-state index < -0.39 is 0 Å². The standard InChI is InChI=1S/C19H19N3O2/c1-22(12-15-5-3-2-4-6-15)13-19(23)21-17-9-7-16(8-10-17)18-11-20-14-24-18/h2-11,14H,12-13H2,1H3,(H,21,23). The van der Waals surface area contributed by atoms with Gasteiger partial charge in [-0.15, -0.1) is 0 Å². The zero-order valence-corrected chi connectivity index (χ0v) is 13.5. The van der Waals surface area contributed by atoms with Crippen LogP contribution in [-0.4, -0.2) is 29.4 Å². The van der Waals surface area contributed by atoms with Crippen molar-refractivity contribution in [3.8, 4) is 11.3 Å². The quantitative estimate of drug-likeness (QED) is 0.756. The minimum atomic E-state index is -0.0409. The maximum absolute atomic E-state index is 12.1. The number of carbonyl (C=O) groups is 1. The Morgan fingerprint density at radius 2 is 1.88 bits per heavy atom. The Hall–Kier alpha value is -2.92. The third kappa shape index (κ3) is 4.30. The first-order valence-corrected chi connectivity index (χ1v) is 7.72. The minimum absolute atomic E-state index is 0.0409. The molecule has 3 aromatic rings. The van der Waals surface area contributed by atoms with Gasteiger partial charge < -0.3 is 9.73 Å². The SMILES string of the molecule is CN(CC(=O)Nc1ccc(-c2cnco2)cc1)Cc1ccccc1. The fourth-order valence-electron chi connectivity index (χ4n) is 2.47. The summed E-state index contributed by atoms with van der Waals surface area (Å²) in [4.78, 5) is 18.0. The topological polar surface area (TPSA) is 58.4 Å². The summed E-state index contributed by atoms with van der Waals surface area (Å²) in [6.45, 7) is 1.07. The number of nitrogens with zero attached hydrogens (tertiary/aromatic N) is 2. The Balaban J connectivity index is 1.53. The van der Waals surface area contributed by atoms with Gasteiger partial charge in [-0.1, -0.05) is 30.3 Å². The fourth-order valence-corrected chi connectivity index (χ4v) is 2.47. The first-order valence-electron chi connectivity index (χ1n) is 7.72. The predicted octanol–water partition coefficient (Wildman–Crippen LogP) is 3.41. The van der Waals surface area contributed by atoms with Crippen molar-refractivity contribution in [2.24, 2.45) is 0 Å². The number of benzene rings is 2. The smallest absolute Gasteiger partial charge is 0.238 e. The first-order chi connectivity index (χ1) is 11.7. The van der Waals surface area contributed by atoms with E-state index in [1.54, 1.807) is 6.20 Å². The summed E-state index contributed by atoms with van der Waals surface area (Å²) < 4.78 is 5.24. The second-order valence-electron chi connectivity index (χ2n) is 5.65. The third-order valence-electron chi connectivity index (χ3n) is 3.59. The van der Waals surface area contributed by atoms with Gasteiger partial charge >= 0.3 is 0 Å². The summed E-state index contributed by atoms with van der Waals surface area (Å²) in [6, 6.07) is 17.6. The summed E-state index contributed by atoms with van der Waals surface area (Å²) in [7, 11) is 1.93. The van der Waals surface area contributed by atoms with E-state index in [1.165, 1.54) is 12.0 Å². The second kappa shape index (κ2) is 7.57. The molecule has 0 saturated heterocycles. The lowest BCUT2D eigenvalue weighted by atomic mass is 10.1. The molecule has 0 bridgehead atoms. The summed E-state index contributed by atoms with van der Waals surface area (Å²) >= 11 is 0. The van der Waals surface area contributed by atoms with Gasteiger partial charge in [-0.25, -0.2) is 4.98 Å². The highest BCUT2D eigenvalue weighted by Gasteiger charge is 2.08. The molecule has 122 valence electrons. The van der Waals surface area contributed by atoms with E-state index in [1.807, 2.05) is 54.4 Å². The van der Waals surface area contributed by atoms with Gasteiger partial charge in [0.25, 0.3) is 0 Å². The monoisotopic (exact) mass is 321 g/mol. The number of rotatable bonds is 6. The van der Waals surface area contributed by atoms with Crippen molar-refractivity contribution < 1.29 is 9.21 Å². The van der Waals surface area contributed by atoms with Crippen molar-refractivity contribution in [1.29, 1.82) is 0 Å². The van der Waals surface area contributed by atoms with Crippen molar-refractivity contribution in [3.05, 3.63) is 72.8 Å². The molecule has 0 saturated carbocycles. The van der Waals surface area contributed by atoms with Crippen molar-refractivity contribution in [2.45, 2.75) is 6.54 Å². The van der Waals surface area contributed by atoms with E-state index >= 15 is 0 Å². The zero-order chi connectivity index (χ0) is 16.8. The number of carbonyl (C=O) groups excluding carboxylic acids is 1. The van der Waals surface area contributed by atoms with E-state index in [0.717, 1.165) is 17.8 Å². The summed E-state index contributed by atoms with van der Waals surface area (Å²) in [5.41, 5.74) is 2.87. The van der Waals surface area contributed by atoms with Gasteiger partial charge in [-0.2, -0.15) is 0 Å². The molecule has 1 amide bonds. The third-order valence-corrected chi connectivity index (χ3v) is 3.59. The second-order valence-corrected chi connectivity index (χ2v) is 5.65. The lowest BCUT2D eigenvalue weighted by molar-refractivity contribution is -0.117. The van der Waals surface area contributed by atoms with E-state index in [-0.39, 0.29) is 5.91 Å². The largest absolute Gasteiger partial charge is 0.444 e. The van der Waals surface area contributed by atoms with Crippen molar-refractivity contribution in [1.82, 2.24) is 9.88 Å². The molecule has 0 radical (unpaired) electrons. The number of aromatic nitrogens is 1. The average Bonchev–Trinajstić information content (AvgIpc) is 3.10. The Labute approximate surface area is 140 Å². The maximum Gasteiger partial charge on any atom is 0.238 e. The van der Waals surface area contributed by atoms with Crippen LogP contribution in [0.25, 0.3) is 11.3 Å². The maximum atomic E-state index is 12.1. The Bertz CT molecular complexity index is 768. The van der Waals surface area contributed by atoms with Crippen LogP contribution in [0.1, 0.15) is 5.56 Å². The Morgan fingerprint density at radius 3 is 2.54 bits per heavy atom. The molecule has 1 aromatic heterocycles. The highest BCUT2D eigenvalue weighted by atomic mass is 16.3. The lowest BCUT2D eigenvalue weighted by Crippen LogP contribution is -2.29. The highest BCUT2D eigenvalue weighted by molar-refractivity contribution is 5.92. The van der Waals surface area contributed by atoms with Gasteiger partial charge in [0, 0.05) is 17.8 Å². The van der Waals surface area contributed by atoms with Gasteiger partial charge in [0.1, 0.15) is 0 Å². The Kier molecular flexibility index (Phi) is 5.03. The molecule has 0 unspecified atom stereocenters. The first kappa shape index (κ1) is 16.0. The normalized spacial score (nSPS) is 10.8. The summed E-state index contributed by atoms with van der Waals surface area (Å²) in [5.74, 6) is 0.663. The number of likely N-dealkylation sites (N-methyl/N-ethyl adjacent to an activating group) is 1. The number of hydrogen-bond donors (Lipinski definition) is 1. The van der Waals surface area contributed by atoms with Crippen LogP contribution in [0.2, 0.25) is 0 Å². The van der Waals surface area contributed by atoms with Gasteiger partial charge in [-0.05, 0) is 36.9 Å². The van der Waals surface area contributed by atoms with Crippen molar-refractivity contribution in [2.75, 3.05) is 18.9 Å². The molecule has 3 rings (SSSR count). The molecule has 0 aliphatic rings. The molecular weight excluding hydrogens is 302 g/mol. The van der Waals surface area contributed by atoms with E-state index in [0.29, 0.717) is 12.3 Å². The zero-order valence-electron chi connectivity index (χ0n) is 13.5. The van der Waals surface area contributed by atoms with Crippen LogP contribution < -0.4 is 5.32 Å². The molecule has 0 spiro atoms. The fraction of sp³-hybridized carbons (Fsp3) is 0.158. The van der Waals surface area contributed by atoms with Gasteiger partial charge in [-0.3, -0.25) is 9.69 Å². The molecule has 0 aliphatic carbocycles. The number of hydrogen-bond acceptors (Lipinski definition) is 4. The molecule has 0 fully saturated rings. The van der Waals surface area contributed by atoms with Gasteiger partial charge in [0.15, 0.2) is 12.2 Å². The van der Waals surface area contributed by atoms with Crippen LogP contribution in [-0.2, 0) is 11.3 Å². The molecule has 1 N–H and O–H groups in total. The van der Waals surface area contributed by atoms with Crippen LogP contribution in [0.15, 0.2) is 71.6 Å². The summed E-state index contributed by atoms with van der Waals surface area (Å²) in [6.07, 6.45) is 3.06. The molecule has 2 aromatic carbocycles. The summed E-state index contributed by atoms with van der Waals surface area (Å²) in [5, 5.41) is 2.90. The molecule has 0 atom stereocenters. The van der Waals surface area contributed by atoms with E-state index in [4.69, 9.17) is 4.42 Å². The average molecular weight is 321 g/mol. The number of amides is 1. The molecule has 5 nitrogen and oxygen atoms in total. The van der Waals surface area contributed by atoms with Gasteiger partial charge in [0.2, 0.25) is 5.91 Å². The molecule has 24 heavy (non-hydrogen) atoms. The number of oxazole rings is 1. The van der Waals surface area contributed by atoms with Crippen LogP contribution in [0.4, 0.5) is 5.69 Å². The number of anilines is 1. The van der Waals surface area contributed by atoms with Crippen LogP contribution in [0.5, 0.6) is 0 Å². The lowest BCUT2D eigenvalue weighted by Gasteiger charge is -2.16. The van der Waals surface area contributed by atoms with Crippen LogP contribution in [0, 0.1) is 0 Å². The molecule has 5 heteroatoms. The van der Waals surface area contributed by atoms with Crippen molar-refractivity contribution >= 4 is 11.6 Å². The van der Waals surface area contributed by atoms with Crippen LogP contribution >= 0.6 is 0 Å². The van der Waals surface area contributed by atoms with E-state index in [2.05, 4.69) is 22.4 Å². The predicted molar refractivity (Wildman–Crippen MR) is 93.3 cm³/mol. The molecular formula is C19H19N3O2. The van der Waals surface area contributed by atoms with Gasteiger partial charge in [0.05, 0.1) is 12.7 Å². The molecule has 0 aliphatic heterocycles. The highest BCUT2D eigenvalue weighted by Crippen LogP contribution is 2.20. The van der Waals surface area contributed by atoms with Crippen LogP contribution in [0.3, 0.4) is 0 Å². The Morgan fingerprint density at radius 1 is 1.12 bits per heavy atom. The molecule has 1 heterocycles.